The van der Waals surface area contributed by atoms with E-state index >= 15 is 0 Å². The van der Waals surface area contributed by atoms with Gasteiger partial charge < -0.3 is 20.1 Å². The molecule has 1 fully saturated rings. The molecule has 0 radical (unpaired) electrons. The first-order chi connectivity index (χ1) is 15.8. The van der Waals surface area contributed by atoms with E-state index in [4.69, 9.17) is 11.6 Å². The number of piperazine rings is 1. The summed E-state index contributed by atoms with van der Waals surface area (Å²) >= 11 is 5.94. The van der Waals surface area contributed by atoms with Crippen LogP contribution in [0.5, 0.6) is 0 Å². The topological polar surface area (TPSA) is 68.4 Å². The number of rotatable bonds is 5. The normalized spacial score (nSPS) is 15.3. The van der Waals surface area contributed by atoms with Crippen molar-refractivity contribution in [3.05, 3.63) is 87.7 Å². The Balaban J connectivity index is 1.43. The summed E-state index contributed by atoms with van der Waals surface area (Å²) in [5.41, 5.74) is 4.95. The van der Waals surface area contributed by atoms with Gasteiger partial charge >= 0.3 is 6.03 Å². The Morgan fingerprint density at radius 2 is 1.64 bits per heavy atom. The molecule has 0 aliphatic carbocycles. The molecule has 4 rings (SSSR count). The molecule has 0 saturated carbocycles. The maximum absolute atomic E-state index is 12.9. The molecule has 3 aromatic rings. The first kappa shape index (κ1) is 23.1. The fourth-order valence-corrected chi connectivity index (χ4v) is 4.17. The molecule has 0 bridgehead atoms. The summed E-state index contributed by atoms with van der Waals surface area (Å²) in [7, 11) is 2.07. The van der Waals surface area contributed by atoms with Gasteiger partial charge in [0, 0.05) is 54.1 Å². The Bertz CT molecular complexity index is 1130. The zero-order valence-electron chi connectivity index (χ0n) is 19.2. The van der Waals surface area contributed by atoms with Gasteiger partial charge in [0.05, 0.1) is 5.69 Å². The monoisotopic (exact) mass is 464 g/mol. The van der Waals surface area contributed by atoms with Gasteiger partial charge in [0.2, 0.25) is 5.78 Å². The number of nitrogens with zero attached hydrogens (tertiary/aromatic N) is 2. The van der Waals surface area contributed by atoms with Crippen LogP contribution in [0.4, 0.5) is 10.5 Å². The average Bonchev–Trinajstić information content (AvgIpc) is 3.21. The number of hydrogen-bond acceptors (Lipinski definition) is 3. The third kappa shape index (κ3) is 5.29. The standard InChI is InChI=1S/C26H29ClN4O2/c1-17-16-23(29-24(17)25(32)20-4-8-21(27)9-5-20)18(2)19-6-10-22(11-7-19)28-26(33)31-14-12-30(3)13-15-31/h4-11,16,18,29H,12-15H2,1-3H3,(H,28,33). The number of aryl methyl sites for hydroxylation is 1. The second-order valence-corrected chi connectivity index (χ2v) is 9.12. The van der Waals surface area contributed by atoms with E-state index < -0.39 is 0 Å². The van der Waals surface area contributed by atoms with Gasteiger partial charge in [0.15, 0.2) is 0 Å². The van der Waals surface area contributed by atoms with Gasteiger partial charge in [-0.05, 0) is 67.6 Å². The summed E-state index contributed by atoms with van der Waals surface area (Å²) in [5.74, 6) is 0.0161. The van der Waals surface area contributed by atoms with Crippen LogP contribution in [0, 0.1) is 6.92 Å². The number of halogens is 1. The molecule has 2 N–H and O–H groups in total. The molecule has 6 nitrogen and oxygen atoms in total. The number of benzene rings is 2. The molecule has 1 unspecified atom stereocenters. The molecule has 172 valence electrons. The largest absolute Gasteiger partial charge is 0.355 e. The number of anilines is 1. The smallest absolute Gasteiger partial charge is 0.321 e. The SMILES string of the molecule is Cc1cc(C(C)c2ccc(NC(=O)N3CCN(C)CC3)cc2)[nH]c1C(=O)c1ccc(Cl)cc1. The second kappa shape index (κ2) is 9.81. The van der Waals surface area contributed by atoms with E-state index in [9.17, 15) is 9.59 Å². The number of carbonyl (C=O) groups excluding carboxylic acids is 2. The van der Waals surface area contributed by atoms with Crippen molar-refractivity contribution >= 4 is 29.1 Å². The van der Waals surface area contributed by atoms with Crippen molar-refractivity contribution in [3.8, 4) is 0 Å². The third-order valence-corrected chi connectivity index (χ3v) is 6.54. The molecule has 1 aromatic heterocycles. The molecular weight excluding hydrogens is 436 g/mol. The van der Waals surface area contributed by atoms with Crippen LogP contribution in [0.3, 0.4) is 0 Å². The minimum Gasteiger partial charge on any atom is -0.355 e. The van der Waals surface area contributed by atoms with Crippen molar-refractivity contribution in [2.24, 2.45) is 0 Å². The number of aromatic amines is 1. The minimum absolute atomic E-state index is 0.0513. The maximum atomic E-state index is 12.9. The summed E-state index contributed by atoms with van der Waals surface area (Å²) in [4.78, 5) is 32.8. The van der Waals surface area contributed by atoms with Crippen molar-refractivity contribution in [2.75, 3.05) is 38.5 Å². The number of carbonyl (C=O) groups is 2. The van der Waals surface area contributed by atoms with Crippen LogP contribution >= 0.6 is 11.6 Å². The number of nitrogens with one attached hydrogen (secondary N) is 2. The maximum Gasteiger partial charge on any atom is 0.321 e. The Hall–Kier alpha value is -3.09. The lowest BCUT2D eigenvalue weighted by Gasteiger charge is -2.32. The van der Waals surface area contributed by atoms with Crippen molar-refractivity contribution in [3.63, 3.8) is 0 Å². The molecular formula is C26H29ClN4O2. The van der Waals surface area contributed by atoms with Crippen LogP contribution in [0.25, 0.3) is 0 Å². The molecule has 7 heteroatoms. The second-order valence-electron chi connectivity index (χ2n) is 8.68. The summed E-state index contributed by atoms with van der Waals surface area (Å²) in [5, 5.41) is 3.59. The number of aromatic nitrogens is 1. The molecule has 1 aliphatic heterocycles. The molecule has 1 saturated heterocycles. The van der Waals surface area contributed by atoms with Crippen LogP contribution in [0.2, 0.25) is 5.02 Å². The zero-order chi connectivity index (χ0) is 23.5. The molecule has 33 heavy (non-hydrogen) atoms. The highest BCUT2D eigenvalue weighted by Gasteiger charge is 2.20. The van der Waals surface area contributed by atoms with E-state index in [1.165, 1.54) is 0 Å². The van der Waals surface area contributed by atoms with E-state index in [2.05, 4.69) is 29.2 Å². The molecule has 2 amide bonds. The van der Waals surface area contributed by atoms with Crippen LogP contribution in [0.15, 0.2) is 54.6 Å². The molecule has 2 heterocycles. The van der Waals surface area contributed by atoms with E-state index in [0.717, 1.165) is 48.7 Å². The first-order valence-electron chi connectivity index (χ1n) is 11.2. The number of hydrogen-bond donors (Lipinski definition) is 2. The summed E-state index contributed by atoms with van der Waals surface area (Å²) in [6, 6.07) is 16.8. The van der Waals surface area contributed by atoms with Gasteiger partial charge in [-0.2, -0.15) is 0 Å². The molecule has 1 aliphatic rings. The van der Waals surface area contributed by atoms with E-state index in [1.54, 1.807) is 24.3 Å². The van der Waals surface area contributed by atoms with Crippen molar-refractivity contribution < 1.29 is 9.59 Å². The number of urea groups is 1. The van der Waals surface area contributed by atoms with Gasteiger partial charge in [0.1, 0.15) is 0 Å². The number of H-pyrrole nitrogens is 1. The molecule has 0 spiro atoms. The third-order valence-electron chi connectivity index (χ3n) is 6.29. The highest BCUT2D eigenvalue weighted by Crippen LogP contribution is 2.27. The highest BCUT2D eigenvalue weighted by molar-refractivity contribution is 6.30. The number of amides is 2. The van der Waals surface area contributed by atoms with E-state index in [1.807, 2.05) is 42.2 Å². The lowest BCUT2D eigenvalue weighted by atomic mass is 9.97. The lowest BCUT2D eigenvalue weighted by molar-refractivity contribution is 0.103. The van der Waals surface area contributed by atoms with Crippen LogP contribution in [-0.4, -0.2) is 59.8 Å². The van der Waals surface area contributed by atoms with E-state index in [0.29, 0.717) is 16.3 Å². The summed E-state index contributed by atoms with van der Waals surface area (Å²) < 4.78 is 0. The lowest BCUT2D eigenvalue weighted by Crippen LogP contribution is -2.48. The van der Waals surface area contributed by atoms with Gasteiger partial charge in [-0.25, -0.2) is 4.79 Å². The fourth-order valence-electron chi connectivity index (χ4n) is 4.05. The highest BCUT2D eigenvalue weighted by atomic mass is 35.5. The Morgan fingerprint density at radius 3 is 2.27 bits per heavy atom. The molecule has 1 atom stereocenters. The predicted octanol–water partition coefficient (Wildman–Crippen LogP) is 5.14. The van der Waals surface area contributed by atoms with Gasteiger partial charge in [-0.15, -0.1) is 0 Å². The fraction of sp³-hybridized carbons (Fsp3) is 0.308. The van der Waals surface area contributed by atoms with Crippen LogP contribution in [0.1, 0.15) is 45.7 Å². The summed E-state index contributed by atoms with van der Waals surface area (Å²) in [6.07, 6.45) is 0. The van der Waals surface area contributed by atoms with Crippen molar-refractivity contribution in [1.29, 1.82) is 0 Å². The van der Waals surface area contributed by atoms with Gasteiger partial charge in [0.25, 0.3) is 0 Å². The quantitative estimate of drug-likeness (QED) is 0.514. The van der Waals surface area contributed by atoms with Crippen LogP contribution < -0.4 is 5.32 Å². The summed E-state index contributed by atoms with van der Waals surface area (Å²) in [6.45, 7) is 7.29. The minimum atomic E-state index is -0.0609. The Labute approximate surface area is 199 Å². The zero-order valence-corrected chi connectivity index (χ0v) is 19.9. The number of ketones is 1. The average molecular weight is 465 g/mol. The predicted molar refractivity (Wildman–Crippen MR) is 132 cm³/mol. The number of likely N-dealkylation sites (N-methyl/N-ethyl adjacent to an activating group) is 1. The van der Waals surface area contributed by atoms with Gasteiger partial charge in [-0.1, -0.05) is 30.7 Å². The molecule has 2 aromatic carbocycles. The van der Waals surface area contributed by atoms with Crippen molar-refractivity contribution in [1.82, 2.24) is 14.8 Å². The van der Waals surface area contributed by atoms with E-state index in [-0.39, 0.29) is 17.7 Å². The Kier molecular flexibility index (Phi) is 6.86. The van der Waals surface area contributed by atoms with Crippen LogP contribution in [-0.2, 0) is 0 Å². The first-order valence-corrected chi connectivity index (χ1v) is 11.5. The van der Waals surface area contributed by atoms with Crippen molar-refractivity contribution in [2.45, 2.75) is 19.8 Å². The van der Waals surface area contributed by atoms with Gasteiger partial charge in [-0.3, -0.25) is 4.79 Å². The Morgan fingerprint density at radius 1 is 1.00 bits per heavy atom.